The Morgan fingerprint density at radius 3 is 2.56 bits per heavy atom. The second-order valence-electron chi connectivity index (χ2n) is 5.23. The zero-order valence-corrected chi connectivity index (χ0v) is 12.8. The second-order valence-corrected chi connectivity index (χ2v) is 8.03. The first-order chi connectivity index (χ1) is 8.22. The SMILES string of the molecule is C=P(O)(OCC1OC(C)=CC1OC(C)C)C(C)C. The van der Waals surface area contributed by atoms with Gasteiger partial charge in [0.05, 0.1) is 18.5 Å². The number of ether oxygens (including phenoxy) is 2. The van der Waals surface area contributed by atoms with Gasteiger partial charge in [0.2, 0.25) is 0 Å². The van der Waals surface area contributed by atoms with E-state index in [2.05, 4.69) is 6.30 Å². The van der Waals surface area contributed by atoms with Gasteiger partial charge in [-0.15, -0.1) is 0 Å². The van der Waals surface area contributed by atoms with Crippen LogP contribution in [0.1, 0.15) is 34.6 Å². The molecule has 1 N–H and O–H groups in total. The largest absolute Gasteiger partial charge is 0.490 e. The molecule has 0 aromatic heterocycles. The molecule has 106 valence electrons. The molecule has 0 saturated heterocycles. The Bertz CT molecular complexity index is 349. The highest BCUT2D eigenvalue weighted by Gasteiger charge is 2.31. The molecule has 0 bridgehead atoms. The lowest BCUT2D eigenvalue weighted by Crippen LogP contribution is -2.31. The molecule has 1 heterocycles. The van der Waals surface area contributed by atoms with Crippen molar-refractivity contribution in [3.63, 3.8) is 0 Å². The van der Waals surface area contributed by atoms with E-state index in [1.807, 2.05) is 40.7 Å². The van der Waals surface area contributed by atoms with E-state index in [4.69, 9.17) is 14.0 Å². The molecule has 0 spiro atoms. The number of hydrogen-bond donors (Lipinski definition) is 1. The van der Waals surface area contributed by atoms with E-state index in [-0.39, 0.29) is 24.0 Å². The molecular weight excluding hydrogens is 251 g/mol. The maximum atomic E-state index is 10.1. The number of allylic oxidation sites excluding steroid dienone is 1. The van der Waals surface area contributed by atoms with Gasteiger partial charge < -0.3 is 18.9 Å². The second kappa shape index (κ2) is 6.25. The minimum atomic E-state index is -2.56. The van der Waals surface area contributed by atoms with Gasteiger partial charge in [-0.25, -0.2) is 0 Å². The quantitative estimate of drug-likeness (QED) is 0.758. The normalized spacial score (nSPS) is 27.2. The third-order valence-corrected chi connectivity index (χ3v) is 5.01. The smallest absolute Gasteiger partial charge is 0.152 e. The van der Waals surface area contributed by atoms with Gasteiger partial charge in [0.1, 0.15) is 13.4 Å². The number of rotatable bonds is 6. The Labute approximate surface area is 110 Å². The van der Waals surface area contributed by atoms with Crippen molar-refractivity contribution in [3.8, 4) is 0 Å². The molecule has 0 saturated carbocycles. The first-order valence-corrected chi connectivity index (χ1v) is 8.24. The molecule has 0 amide bonds. The molecule has 5 heteroatoms. The van der Waals surface area contributed by atoms with Gasteiger partial charge in [-0.2, -0.15) is 0 Å². The van der Waals surface area contributed by atoms with Crippen LogP contribution in [-0.4, -0.2) is 41.8 Å². The highest BCUT2D eigenvalue weighted by molar-refractivity contribution is 7.64. The van der Waals surface area contributed by atoms with E-state index in [9.17, 15) is 4.89 Å². The lowest BCUT2D eigenvalue weighted by molar-refractivity contribution is -0.0448. The molecule has 1 aliphatic rings. The summed E-state index contributed by atoms with van der Waals surface area (Å²) in [6.07, 6.45) is 5.53. The van der Waals surface area contributed by atoms with Gasteiger partial charge in [0, 0.05) is 5.66 Å². The van der Waals surface area contributed by atoms with Crippen LogP contribution in [0.15, 0.2) is 11.8 Å². The predicted octanol–water partition coefficient (Wildman–Crippen LogP) is 2.78. The predicted molar refractivity (Wildman–Crippen MR) is 76.0 cm³/mol. The summed E-state index contributed by atoms with van der Waals surface area (Å²) in [5.41, 5.74) is 0.0254. The van der Waals surface area contributed by atoms with Crippen LogP contribution in [0.2, 0.25) is 0 Å². The van der Waals surface area contributed by atoms with Gasteiger partial charge in [-0.3, -0.25) is 0 Å². The highest BCUT2D eigenvalue weighted by atomic mass is 31.2. The fraction of sp³-hybridized carbons (Fsp3) is 0.769. The van der Waals surface area contributed by atoms with Gasteiger partial charge in [-0.05, 0) is 26.8 Å². The van der Waals surface area contributed by atoms with Crippen LogP contribution in [0, 0.1) is 0 Å². The van der Waals surface area contributed by atoms with Crippen molar-refractivity contribution >= 4 is 13.6 Å². The van der Waals surface area contributed by atoms with Crippen molar-refractivity contribution in [1.29, 1.82) is 0 Å². The lowest BCUT2D eigenvalue weighted by atomic mass is 10.2. The standard InChI is InChI=1S/C13H25O4P/c1-9(2)16-12-7-11(5)17-13(12)8-15-18(6,14)10(3)4/h7,9-10,12-14H,6,8H2,1-5H3. The van der Waals surface area contributed by atoms with Gasteiger partial charge in [-0.1, -0.05) is 20.1 Å². The van der Waals surface area contributed by atoms with Crippen LogP contribution in [0.25, 0.3) is 0 Å². The molecule has 0 aromatic carbocycles. The van der Waals surface area contributed by atoms with E-state index in [1.54, 1.807) is 0 Å². The molecule has 18 heavy (non-hydrogen) atoms. The Morgan fingerprint density at radius 1 is 1.44 bits per heavy atom. The Balaban J connectivity index is 2.54. The van der Waals surface area contributed by atoms with Crippen LogP contribution < -0.4 is 0 Å². The third kappa shape index (κ3) is 4.43. The minimum absolute atomic E-state index is 0.0254. The molecule has 3 unspecified atom stereocenters. The summed E-state index contributed by atoms with van der Waals surface area (Å²) in [6, 6.07) is 0. The van der Waals surface area contributed by atoms with Crippen LogP contribution >= 0.6 is 7.34 Å². The molecule has 3 atom stereocenters. The minimum Gasteiger partial charge on any atom is -0.490 e. The Hall–Kier alpha value is -0.280. The maximum Gasteiger partial charge on any atom is 0.152 e. The van der Waals surface area contributed by atoms with Crippen molar-refractivity contribution in [2.75, 3.05) is 6.61 Å². The fourth-order valence-electron chi connectivity index (χ4n) is 1.61. The molecule has 1 rings (SSSR count). The monoisotopic (exact) mass is 276 g/mol. The summed E-state index contributed by atoms with van der Waals surface area (Å²) in [4.78, 5) is 10.1. The van der Waals surface area contributed by atoms with E-state index >= 15 is 0 Å². The summed E-state index contributed by atoms with van der Waals surface area (Å²) in [7, 11) is -2.56. The fourth-order valence-corrected chi connectivity index (χ4v) is 2.31. The van der Waals surface area contributed by atoms with Crippen LogP contribution in [0.4, 0.5) is 0 Å². The molecular formula is C13H25O4P. The van der Waals surface area contributed by atoms with Crippen LogP contribution in [0.3, 0.4) is 0 Å². The average molecular weight is 276 g/mol. The summed E-state index contributed by atoms with van der Waals surface area (Å²) in [5, 5.41) is 0. The lowest BCUT2D eigenvalue weighted by Gasteiger charge is -2.26. The van der Waals surface area contributed by atoms with E-state index < -0.39 is 7.34 Å². The van der Waals surface area contributed by atoms with E-state index in [0.29, 0.717) is 6.61 Å². The molecule has 0 aromatic rings. The molecule has 1 aliphatic heterocycles. The summed E-state index contributed by atoms with van der Waals surface area (Å²) >= 11 is 0. The molecule has 4 nitrogen and oxygen atoms in total. The van der Waals surface area contributed by atoms with Crippen molar-refractivity contribution in [1.82, 2.24) is 0 Å². The summed E-state index contributed by atoms with van der Waals surface area (Å²) in [5.74, 6) is 0.838. The van der Waals surface area contributed by atoms with Crippen molar-refractivity contribution in [3.05, 3.63) is 11.8 Å². The van der Waals surface area contributed by atoms with Crippen molar-refractivity contribution in [2.24, 2.45) is 0 Å². The third-order valence-electron chi connectivity index (χ3n) is 2.80. The zero-order valence-electron chi connectivity index (χ0n) is 11.9. The molecule has 0 aliphatic carbocycles. The van der Waals surface area contributed by atoms with Crippen molar-refractivity contribution in [2.45, 2.75) is 58.6 Å². The Morgan fingerprint density at radius 2 is 2.06 bits per heavy atom. The molecule has 0 radical (unpaired) electrons. The summed E-state index contributed by atoms with van der Waals surface area (Å²) in [6.45, 7) is 9.97. The Kier molecular flexibility index (Phi) is 5.47. The molecule has 0 fully saturated rings. The number of hydrogen-bond acceptors (Lipinski definition) is 4. The zero-order chi connectivity index (χ0) is 13.9. The van der Waals surface area contributed by atoms with E-state index in [1.165, 1.54) is 0 Å². The van der Waals surface area contributed by atoms with Crippen LogP contribution in [-0.2, 0) is 14.0 Å². The van der Waals surface area contributed by atoms with E-state index in [0.717, 1.165) is 5.76 Å². The van der Waals surface area contributed by atoms with Crippen LogP contribution in [0.5, 0.6) is 0 Å². The highest BCUT2D eigenvalue weighted by Crippen LogP contribution is 2.46. The van der Waals surface area contributed by atoms with Gasteiger partial charge >= 0.3 is 0 Å². The van der Waals surface area contributed by atoms with Crippen molar-refractivity contribution < 1.29 is 18.9 Å². The first-order valence-electron chi connectivity index (χ1n) is 6.33. The van der Waals surface area contributed by atoms with Gasteiger partial charge in [0.15, 0.2) is 6.10 Å². The topological polar surface area (TPSA) is 47.9 Å². The van der Waals surface area contributed by atoms with Gasteiger partial charge in [0.25, 0.3) is 0 Å². The average Bonchev–Trinajstić information content (AvgIpc) is 2.55. The summed E-state index contributed by atoms with van der Waals surface area (Å²) < 4.78 is 16.9. The first kappa shape index (κ1) is 15.8. The maximum absolute atomic E-state index is 10.1.